The molecule has 222 valence electrons. The normalized spacial score (nSPS) is 17.7. The number of methoxy groups -OCH3 is 1. The van der Waals surface area contributed by atoms with E-state index < -0.39 is 5.91 Å². The molecule has 0 bridgehead atoms. The molecule has 0 atom stereocenters. The number of para-hydroxylation sites is 1. The van der Waals surface area contributed by atoms with Gasteiger partial charge < -0.3 is 31.2 Å². The third kappa shape index (κ3) is 6.44. The average molecular weight is 575 g/mol. The Morgan fingerprint density at radius 1 is 1.17 bits per heavy atom. The van der Waals surface area contributed by atoms with Crippen LogP contribution < -0.4 is 31.3 Å². The van der Waals surface area contributed by atoms with Crippen molar-refractivity contribution >= 4 is 35.1 Å². The Hall–Kier alpha value is -4.29. The molecule has 0 radical (unpaired) electrons. The molecular weight excluding hydrogens is 536 g/mol. The number of amides is 2. The molecule has 4 heterocycles. The number of primary amides is 1. The minimum Gasteiger partial charge on any atom is -0.480 e. The van der Waals surface area contributed by atoms with E-state index in [0.29, 0.717) is 36.5 Å². The number of hydrogen-bond donors (Lipinski definition) is 4. The molecule has 12 nitrogen and oxygen atoms in total. The third-order valence-corrected chi connectivity index (χ3v) is 7.33. The highest BCUT2D eigenvalue weighted by Gasteiger charge is 2.38. The van der Waals surface area contributed by atoms with E-state index in [-0.39, 0.29) is 35.2 Å². The zero-order valence-corrected chi connectivity index (χ0v) is 24.7. The lowest BCUT2D eigenvalue weighted by Crippen LogP contribution is -2.60. The summed E-state index contributed by atoms with van der Waals surface area (Å²) >= 11 is 0. The van der Waals surface area contributed by atoms with Crippen molar-refractivity contribution in [2.75, 3.05) is 42.4 Å². The first kappa shape index (κ1) is 29.2. The minimum atomic E-state index is -0.602. The number of nitrogens with zero attached hydrogens (tertiary/aromatic N) is 4. The van der Waals surface area contributed by atoms with E-state index in [2.05, 4.69) is 58.6 Å². The van der Waals surface area contributed by atoms with Gasteiger partial charge in [0, 0.05) is 53.4 Å². The Bertz CT molecular complexity index is 1480. The highest BCUT2D eigenvalue weighted by atomic mass is 16.5. The quantitative estimate of drug-likeness (QED) is 0.298. The first-order valence-electron chi connectivity index (χ1n) is 14.0. The van der Waals surface area contributed by atoms with E-state index in [9.17, 15) is 9.59 Å². The van der Waals surface area contributed by atoms with Gasteiger partial charge in [-0.15, -0.1) is 0 Å². The maximum Gasteiger partial charge on any atom is 0.266 e. The summed E-state index contributed by atoms with van der Waals surface area (Å²) in [5.41, 5.74) is 8.06. The molecule has 0 aliphatic carbocycles. The number of benzene rings is 1. The van der Waals surface area contributed by atoms with Gasteiger partial charge in [0.2, 0.25) is 5.95 Å². The highest BCUT2D eigenvalue weighted by molar-refractivity contribution is 5.98. The van der Waals surface area contributed by atoms with Gasteiger partial charge in [-0.05, 0) is 52.7 Å². The van der Waals surface area contributed by atoms with Crippen molar-refractivity contribution in [3.63, 3.8) is 0 Å². The number of aromatic nitrogens is 3. The molecule has 3 aromatic rings. The maximum absolute atomic E-state index is 12.4. The Morgan fingerprint density at radius 3 is 2.62 bits per heavy atom. The van der Waals surface area contributed by atoms with E-state index in [4.69, 9.17) is 15.2 Å². The summed E-state index contributed by atoms with van der Waals surface area (Å²) in [5.74, 6) is 0.901. The van der Waals surface area contributed by atoms with Crippen molar-refractivity contribution in [1.82, 2.24) is 20.3 Å². The van der Waals surface area contributed by atoms with Crippen molar-refractivity contribution < 1.29 is 19.1 Å². The van der Waals surface area contributed by atoms with Gasteiger partial charge in [-0.1, -0.05) is 18.2 Å². The lowest BCUT2D eigenvalue weighted by atomic mass is 9.79. The van der Waals surface area contributed by atoms with Crippen LogP contribution in [0.4, 0.5) is 23.3 Å². The second-order valence-electron chi connectivity index (χ2n) is 12.0. The SMILES string of the molecule is COCCN1C(=O)COc2cc(-c3ccccc3Nc3ncc(C(N)=O)c(NC4CC(C)(C)NC(C)(C)C4)n3)cnc21. The van der Waals surface area contributed by atoms with Gasteiger partial charge in [0.1, 0.15) is 5.82 Å². The summed E-state index contributed by atoms with van der Waals surface area (Å²) < 4.78 is 10.9. The Kier molecular flexibility index (Phi) is 8.02. The van der Waals surface area contributed by atoms with Crippen LogP contribution in [0.5, 0.6) is 5.75 Å². The molecular formula is C30H38N8O4. The van der Waals surface area contributed by atoms with Crippen LogP contribution >= 0.6 is 0 Å². The summed E-state index contributed by atoms with van der Waals surface area (Å²) in [4.78, 5) is 39.9. The van der Waals surface area contributed by atoms with Gasteiger partial charge in [0.25, 0.3) is 11.8 Å². The van der Waals surface area contributed by atoms with Crippen LogP contribution in [0.15, 0.2) is 42.7 Å². The van der Waals surface area contributed by atoms with Crippen molar-refractivity contribution in [1.29, 1.82) is 0 Å². The first-order chi connectivity index (χ1) is 19.9. The number of nitrogens with one attached hydrogen (secondary N) is 3. The summed E-state index contributed by atoms with van der Waals surface area (Å²) in [6.45, 7) is 9.36. The smallest absolute Gasteiger partial charge is 0.266 e. The molecule has 2 aliphatic heterocycles. The van der Waals surface area contributed by atoms with Crippen LogP contribution in [-0.4, -0.2) is 70.8 Å². The number of hydrogen-bond acceptors (Lipinski definition) is 10. The average Bonchev–Trinajstić information content (AvgIpc) is 2.91. The van der Waals surface area contributed by atoms with E-state index in [1.165, 1.54) is 6.20 Å². The monoisotopic (exact) mass is 574 g/mol. The standard InChI is InChI=1S/C30H38N8O4/c1-29(2)13-19(14-30(3,4)37-29)34-26-21(25(31)40)16-33-28(36-26)35-22-9-7-6-8-20(22)18-12-23-27(32-15-18)38(10-11-41-5)24(39)17-42-23/h6-9,12,15-16,19,37H,10-11,13-14,17H2,1-5H3,(H2,31,40)(H2,33,34,35,36). The molecule has 5 N–H and O–H groups in total. The van der Waals surface area contributed by atoms with Gasteiger partial charge >= 0.3 is 0 Å². The largest absolute Gasteiger partial charge is 0.480 e. The fraction of sp³-hybridized carbons (Fsp3) is 0.433. The third-order valence-electron chi connectivity index (χ3n) is 7.33. The molecule has 0 saturated carbocycles. The van der Waals surface area contributed by atoms with Crippen LogP contribution in [-0.2, 0) is 9.53 Å². The number of ether oxygens (including phenoxy) is 2. The molecule has 2 amide bonds. The van der Waals surface area contributed by atoms with E-state index in [1.807, 2.05) is 30.3 Å². The van der Waals surface area contributed by atoms with Crippen LogP contribution in [0.2, 0.25) is 0 Å². The van der Waals surface area contributed by atoms with Gasteiger partial charge in [-0.25, -0.2) is 9.97 Å². The van der Waals surface area contributed by atoms with Crippen LogP contribution in [0.25, 0.3) is 11.1 Å². The van der Waals surface area contributed by atoms with E-state index in [1.54, 1.807) is 18.2 Å². The molecule has 5 rings (SSSR count). The fourth-order valence-corrected chi connectivity index (χ4v) is 5.96. The Labute approximate surface area is 245 Å². The number of nitrogens with two attached hydrogens (primary N) is 1. The van der Waals surface area contributed by atoms with Crippen molar-refractivity contribution in [2.45, 2.75) is 57.7 Å². The number of fused-ring (bicyclic) bond motifs is 1. The Balaban J connectivity index is 1.43. The molecule has 1 saturated heterocycles. The van der Waals surface area contributed by atoms with Crippen molar-refractivity contribution in [3.05, 3.63) is 48.3 Å². The molecule has 0 spiro atoms. The molecule has 42 heavy (non-hydrogen) atoms. The van der Waals surface area contributed by atoms with Crippen molar-refractivity contribution in [3.8, 4) is 16.9 Å². The van der Waals surface area contributed by atoms with E-state index >= 15 is 0 Å². The maximum atomic E-state index is 12.4. The van der Waals surface area contributed by atoms with Crippen molar-refractivity contribution in [2.24, 2.45) is 5.73 Å². The molecule has 12 heteroatoms. The second-order valence-corrected chi connectivity index (χ2v) is 12.0. The number of piperidine rings is 1. The lowest BCUT2D eigenvalue weighted by Gasteiger charge is -2.46. The summed E-state index contributed by atoms with van der Waals surface area (Å²) in [6.07, 6.45) is 4.82. The second kappa shape index (κ2) is 11.5. The number of pyridine rings is 1. The number of carbonyl (C=O) groups is 2. The first-order valence-corrected chi connectivity index (χ1v) is 14.0. The zero-order valence-electron chi connectivity index (χ0n) is 24.7. The van der Waals surface area contributed by atoms with Gasteiger partial charge in [0.15, 0.2) is 18.2 Å². The van der Waals surface area contributed by atoms with Gasteiger partial charge in [0.05, 0.1) is 18.7 Å². The lowest BCUT2D eigenvalue weighted by molar-refractivity contribution is -0.121. The highest BCUT2D eigenvalue weighted by Crippen LogP contribution is 2.37. The zero-order chi connectivity index (χ0) is 30.1. The van der Waals surface area contributed by atoms with Gasteiger partial charge in [-0.3, -0.25) is 14.5 Å². The fourth-order valence-electron chi connectivity index (χ4n) is 5.96. The minimum absolute atomic E-state index is 0.0665. The molecule has 1 aromatic carbocycles. The molecule has 2 aliphatic rings. The van der Waals surface area contributed by atoms with Crippen LogP contribution in [0.3, 0.4) is 0 Å². The summed E-state index contributed by atoms with van der Waals surface area (Å²) in [6, 6.07) is 9.59. The van der Waals surface area contributed by atoms with Gasteiger partial charge in [-0.2, -0.15) is 4.98 Å². The Morgan fingerprint density at radius 2 is 1.90 bits per heavy atom. The number of rotatable bonds is 9. The predicted octanol–water partition coefficient (Wildman–Crippen LogP) is 3.47. The molecule has 2 aromatic heterocycles. The molecule has 0 unspecified atom stereocenters. The summed E-state index contributed by atoms with van der Waals surface area (Å²) in [5, 5.41) is 10.4. The topological polar surface area (TPSA) is 157 Å². The van der Waals surface area contributed by atoms with Crippen LogP contribution in [0.1, 0.15) is 50.9 Å². The summed E-state index contributed by atoms with van der Waals surface area (Å²) in [7, 11) is 1.59. The molecule has 1 fully saturated rings. The number of carbonyl (C=O) groups excluding carboxylic acids is 2. The predicted molar refractivity (Wildman–Crippen MR) is 161 cm³/mol. The number of anilines is 4. The van der Waals surface area contributed by atoms with Crippen LogP contribution in [0, 0.1) is 0 Å². The van der Waals surface area contributed by atoms with E-state index in [0.717, 1.165) is 29.7 Å².